The Balaban J connectivity index is 1.82. The summed E-state index contributed by atoms with van der Waals surface area (Å²) in [5.41, 5.74) is 0. The highest BCUT2D eigenvalue weighted by Crippen LogP contribution is 2.27. The van der Waals surface area contributed by atoms with Crippen LogP contribution in [0.15, 0.2) is 0 Å². The van der Waals surface area contributed by atoms with Crippen LogP contribution in [0.1, 0.15) is 32.1 Å². The number of hydrogen-bond acceptors (Lipinski definition) is 4. The van der Waals surface area contributed by atoms with E-state index in [-0.39, 0.29) is 17.7 Å². The van der Waals surface area contributed by atoms with Crippen LogP contribution in [0.25, 0.3) is 0 Å². The van der Waals surface area contributed by atoms with Gasteiger partial charge < -0.3 is 10.2 Å². The molecule has 20 heavy (non-hydrogen) atoms. The van der Waals surface area contributed by atoms with Crippen LogP contribution in [0, 0.1) is 0 Å². The third-order valence-electron chi connectivity index (χ3n) is 3.64. The highest BCUT2D eigenvalue weighted by atomic mass is 32.2. The number of nitrogens with zero attached hydrogens (tertiary/aromatic N) is 1. The van der Waals surface area contributed by atoms with E-state index in [1.807, 2.05) is 0 Å². The van der Waals surface area contributed by atoms with Gasteiger partial charge in [0.1, 0.15) is 6.04 Å². The number of hydrogen-bond donors (Lipinski definition) is 2. The summed E-state index contributed by atoms with van der Waals surface area (Å²) in [6.07, 6.45) is 3.70. The minimum absolute atomic E-state index is 0.110. The minimum atomic E-state index is -3.36. The lowest BCUT2D eigenvalue weighted by Gasteiger charge is -2.20. The zero-order valence-corrected chi connectivity index (χ0v) is 12.4. The summed E-state index contributed by atoms with van der Waals surface area (Å²) in [6.45, 7) is 0.395. The van der Waals surface area contributed by atoms with Crippen LogP contribution in [-0.4, -0.2) is 56.6 Å². The lowest BCUT2D eigenvalue weighted by atomic mass is 10.1. The Labute approximate surface area is 119 Å². The molecule has 0 radical (unpaired) electrons. The van der Waals surface area contributed by atoms with Crippen molar-refractivity contribution in [3.63, 3.8) is 0 Å². The minimum Gasteiger partial charge on any atom is -0.344 e. The first-order valence-electron chi connectivity index (χ1n) is 6.93. The third-order valence-corrected chi connectivity index (χ3v) is 5.54. The van der Waals surface area contributed by atoms with Crippen LogP contribution in [0.4, 0.5) is 0 Å². The number of likely N-dealkylation sites (N-methyl/N-ethyl adjacent to an activating group) is 1. The number of nitrogens with one attached hydrogen (secondary N) is 2. The predicted octanol–water partition coefficient (Wildman–Crippen LogP) is -0.805. The SMILES string of the molecule is CN1CCCC[C@@H](NC(=O)CNS(=O)(=O)C2CC2)C1=O. The van der Waals surface area contributed by atoms with Gasteiger partial charge in [-0.2, -0.15) is 0 Å². The standard InChI is InChI=1S/C12H21N3O4S/c1-15-7-3-2-4-10(12(15)17)14-11(16)8-13-20(18,19)9-5-6-9/h9-10,13H,2-8H2,1H3,(H,14,16)/t10-/m1/s1. The normalized spacial score (nSPS) is 24.4. The van der Waals surface area contributed by atoms with Gasteiger partial charge >= 0.3 is 0 Å². The van der Waals surface area contributed by atoms with Gasteiger partial charge in [-0.15, -0.1) is 0 Å². The molecule has 0 unspecified atom stereocenters. The largest absolute Gasteiger partial charge is 0.344 e. The average Bonchev–Trinajstić information content (AvgIpc) is 3.23. The summed E-state index contributed by atoms with van der Waals surface area (Å²) in [6, 6.07) is -0.541. The highest BCUT2D eigenvalue weighted by molar-refractivity contribution is 7.90. The van der Waals surface area contributed by atoms with Crippen molar-refractivity contribution < 1.29 is 18.0 Å². The van der Waals surface area contributed by atoms with Gasteiger partial charge in [0.25, 0.3) is 0 Å². The number of carbonyl (C=O) groups excluding carboxylic acids is 2. The van der Waals surface area contributed by atoms with E-state index >= 15 is 0 Å². The molecule has 2 fully saturated rings. The molecular weight excluding hydrogens is 282 g/mol. The first-order valence-corrected chi connectivity index (χ1v) is 8.47. The van der Waals surface area contributed by atoms with Gasteiger partial charge in [-0.25, -0.2) is 13.1 Å². The maximum absolute atomic E-state index is 12.0. The Morgan fingerprint density at radius 3 is 2.65 bits per heavy atom. The van der Waals surface area contributed by atoms with E-state index in [1.54, 1.807) is 11.9 Å². The van der Waals surface area contributed by atoms with Crippen LogP contribution in [0.2, 0.25) is 0 Å². The lowest BCUT2D eigenvalue weighted by molar-refractivity contribution is -0.134. The molecule has 7 nitrogen and oxygen atoms in total. The molecule has 0 aromatic rings. The van der Waals surface area contributed by atoms with Crippen LogP contribution in [0.5, 0.6) is 0 Å². The predicted molar refractivity (Wildman–Crippen MR) is 73.4 cm³/mol. The molecule has 114 valence electrons. The van der Waals surface area contributed by atoms with Gasteiger partial charge in [-0.3, -0.25) is 9.59 Å². The zero-order chi connectivity index (χ0) is 14.8. The summed E-state index contributed by atoms with van der Waals surface area (Å²) in [5, 5.41) is 2.27. The van der Waals surface area contributed by atoms with Crippen molar-refractivity contribution in [1.82, 2.24) is 14.9 Å². The van der Waals surface area contributed by atoms with E-state index in [0.717, 1.165) is 12.8 Å². The summed E-state index contributed by atoms with van der Waals surface area (Å²) >= 11 is 0. The smallest absolute Gasteiger partial charge is 0.244 e. The van der Waals surface area contributed by atoms with E-state index in [1.165, 1.54) is 0 Å². The number of likely N-dealkylation sites (tertiary alicyclic amines) is 1. The first-order chi connectivity index (χ1) is 9.40. The monoisotopic (exact) mass is 303 g/mol. The molecule has 1 atom stereocenters. The molecular formula is C12H21N3O4S. The molecule has 0 aromatic carbocycles. The van der Waals surface area contributed by atoms with Crippen LogP contribution >= 0.6 is 0 Å². The molecule has 2 aliphatic rings. The van der Waals surface area contributed by atoms with Crippen molar-refractivity contribution in [2.24, 2.45) is 0 Å². The Morgan fingerprint density at radius 2 is 2.00 bits per heavy atom. The topological polar surface area (TPSA) is 95.6 Å². The number of rotatable bonds is 5. The highest BCUT2D eigenvalue weighted by Gasteiger charge is 2.36. The molecule has 2 rings (SSSR count). The van der Waals surface area contributed by atoms with E-state index in [0.29, 0.717) is 25.8 Å². The fourth-order valence-electron chi connectivity index (χ4n) is 2.24. The molecule has 1 aliphatic heterocycles. The average molecular weight is 303 g/mol. The van der Waals surface area contributed by atoms with E-state index in [4.69, 9.17) is 0 Å². The molecule has 1 saturated heterocycles. The van der Waals surface area contributed by atoms with Gasteiger partial charge in [-0.1, -0.05) is 0 Å². The van der Waals surface area contributed by atoms with Crippen LogP contribution < -0.4 is 10.0 Å². The van der Waals surface area contributed by atoms with Crippen LogP contribution in [0.3, 0.4) is 0 Å². The first kappa shape index (κ1) is 15.2. The molecule has 2 N–H and O–H groups in total. The summed E-state index contributed by atoms with van der Waals surface area (Å²) in [7, 11) is -1.65. The summed E-state index contributed by atoms with van der Waals surface area (Å²) in [4.78, 5) is 25.3. The Morgan fingerprint density at radius 1 is 1.30 bits per heavy atom. The van der Waals surface area contributed by atoms with E-state index < -0.39 is 22.0 Å². The molecule has 0 aromatic heterocycles. The number of amides is 2. The lowest BCUT2D eigenvalue weighted by Crippen LogP contribution is -2.49. The Bertz CT molecular complexity index is 487. The summed E-state index contributed by atoms with van der Waals surface area (Å²) in [5.74, 6) is -0.566. The van der Waals surface area contributed by atoms with Crippen molar-refractivity contribution in [3.05, 3.63) is 0 Å². The third kappa shape index (κ3) is 3.92. The quantitative estimate of drug-likeness (QED) is 0.695. The number of sulfonamides is 1. The molecule has 1 aliphatic carbocycles. The second-order valence-corrected chi connectivity index (χ2v) is 7.49. The van der Waals surface area contributed by atoms with Gasteiger partial charge in [-0.05, 0) is 32.1 Å². The molecule has 0 bridgehead atoms. The Hall–Kier alpha value is -1.15. The maximum Gasteiger partial charge on any atom is 0.244 e. The fraction of sp³-hybridized carbons (Fsp3) is 0.833. The van der Waals surface area contributed by atoms with Crippen molar-refractivity contribution in [3.8, 4) is 0 Å². The van der Waals surface area contributed by atoms with E-state index in [9.17, 15) is 18.0 Å². The maximum atomic E-state index is 12.0. The second kappa shape index (κ2) is 6.09. The molecule has 1 saturated carbocycles. The van der Waals surface area contributed by atoms with Crippen molar-refractivity contribution in [1.29, 1.82) is 0 Å². The van der Waals surface area contributed by atoms with Gasteiger partial charge in [0.05, 0.1) is 11.8 Å². The molecule has 0 spiro atoms. The molecule has 1 heterocycles. The second-order valence-electron chi connectivity index (χ2n) is 5.44. The van der Waals surface area contributed by atoms with Gasteiger partial charge in [0.15, 0.2) is 0 Å². The molecule has 2 amide bonds. The van der Waals surface area contributed by atoms with Gasteiger partial charge in [0.2, 0.25) is 21.8 Å². The van der Waals surface area contributed by atoms with Gasteiger partial charge in [0, 0.05) is 13.6 Å². The fourth-order valence-corrected chi connectivity index (χ4v) is 3.56. The van der Waals surface area contributed by atoms with E-state index in [2.05, 4.69) is 10.0 Å². The number of carbonyl (C=O) groups is 2. The van der Waals surface area contributed by atoms with Crippen LogP contribution in [-0.2, 0) is 19.6 Å². The van der Waals surface area contributed by atoms with Crippen molar-refractivity contribution in [2.75, 3.05) is 20.1 Å². The summed E-state index contributed by atoms with van der Waals surface area (Å²) < 4.78 is 25.5. The Kier molecular flexibility index (Phi) is 4.64. The molecule has 8 heteroatoms. The zero-order valence-electron chi connectivity index (χ0n) is 11.6. The van der Waals surface area contributed by atoms with Crippen molar-refractivity contribution >= 4 is 21.8 Å². The van der Waals surface area contributed by atoms with Crippen molar-refractivity contribution in [2.45, 2.75) is 43.4 Å².